The molecule has 0 fully saturated rings. The van der Waals surface area contributed by atoms with Crippen molar-refractivity contribution in [1.82, 2.24) is 4.90 Å². The number of benzene rings is 1. The van der Waals surface area contributed by atoms with E-state index in [1.165, 1.54) is 7.11 Å². The molecule has 26 heavy (non-hydrogen) atoms. The van der Waals surface area contributed by atoms with Gasteiger partial charge in [0.2, 0.25) is 12.7 Å². The Kier molecular flexibility index (Phi) is 5.16. The first-order valence-corrected chi connectivity index (χ1v) is 8.28. The third-order valence-corrected chi connectivity index (χ3v) is 4.26. The molecule has 0 bridgehead atoms. The fraction of sp³-hybridized carbons (Fsp3) is 0.368. The van der Waals surface area contributed by atoms with Gasteiger partial charge >= 0.3 is 5.97 Å². The Bertz CT molecular complexity index is 825. The second kappa shape index (κ2) is 7.51. The number of ether oxygens (including phenoxy) is 3. The van der Waals surface area contributed by atoms with Crippen LogP contribution in [0.25, 0.3) is 0 Å². The molecular formula is C19H21NO6. The lowest BCUT2D eigenvalue weighted by atomic mass is 10.1. The van der Waals surface area contributed by atoms with E-state index in [1.54, 1.807) is 24.9 Å². The summed E-state index contributed by atoms with van der Waals surface area (Å²) in [5, 5.41) is 0. The smallest absolute Gasteiger partial charge is 0.341 e. The molecule has 0 spiro atoms. The highest BCUT2D eigenvalue weighted by Crippen LogP contribution is 2.32. The fourth-order valence-electron chi connectivity index (χ4n) is 2.79. The van der Waals surface area contributed by atoms with Gasteiger partial charge in [0.05, 0.1) is 13.7 Å². The van der Waals surface area contributed by atoms with Crippen LogP contribution in [0.5, 0.6) is 11.5 Å². The summed E-state index contributed by atoms with van der Waals surface area (Å²) in [6.45, 7) is 2.21. The largest absolute Gasteiger partial charge is 0.465 e. The molecule has 1 aromatic carbocycles. The Labute approximate surface area is 151 Å². The molecule has 1 amide bonds. The normalized spacial score (nSPS) is 12.1. The lowest BCUT2D eigenvalue weighted by molar-refractivity contribution is -0.130. The van der Waals surface area contributed by atoms with Crippen molar-refractivity contribution in [1.29, 1.82) is 0 Å². The first-order valence-electron chi connectivity index (χ1n) is 8.28. The van der Waals surface area contributed by atoms with Crippen molar-refractivity contribution < 1.29 is 28.2 Å². The zero-order chi connectivity index (χ0) is 18.7. The van der Waals surface area contributed by atoms with Crippen LogP contribution in [-0.2, 0) is 22.5 Å². The standard InChI is InChI=1S/C19H21NO6/c1-12-15(19(22)23-3)9-14(26-12)10-20(2)18(21)7-5-13-4-6-16-17(8-13)25-11-24-16/h4,6,8-9H,5,7,10-11H2,1-3H3. The molecule has 1 aliphatic rings. The van der Waals surface area contributed by atoms with Gasteiger partial charge in [-0.2, -0.15) is 0 Å². The van der Waals surface area contributed by atoms with Gasteiger partial charge in [0.15, 0.2) is 11.5 Å². The van der Waals surface area contributed by atoms with Gasteiger partial charge in [-0.05, 0) is 37.1 Å². The third-order valence-electron chi connectivity index (χ3n) is 4.26. The average Bonchev–Trinajstić information content (AvgIpc) is 3.24. The van der Waals surface area contributed by atoms with Crippen molar-refractivity contribution in [2.75, 3.05) is 21.0 Å². The quantitative estimate of drug-likeness (QED) is 0.738. The van der Waals surface area contributed by atoms with Gasteiger partial charge in [0.25, 0.3) is 0 Å². The summed E-state index contributed by atoms with van der Waals surface area (Å²) < 4.78 is 20.9. The summed E-state index contributed by atoms with van der Waals surface area (Å²) >= 11 is 0. The van der Waals surface area contributed by atoms with Crippen LogP contribution in [0.4, 0.5) is 0 Å². The zero-order valence-electron chi connectivity index (χ0n) is 15.0. The Hall–Kier alpha value is -2.96. The predicted octanol–water partition coefficient (Wildman–Crippen LogP) is 2.69. The van der Waals surface area contributed by atoms with Gasteiger partial charge in [0.1, 0.15) is 17.1 Å². The fourth-order valence-corrected chi connectivity index (χ4v) is 2.79. The number of hydrogen-bond donors (Lipinski definition) is 0. The van der Waals surface area contributed by atoms with E-state index in [2.05, 4.69) is 0 Å². The molecule has 138 valence electrons. The average molecular weight is 359 g/mol. The first-order chi connectivity index (χ1) is 12.5. The number of furan rings is 1. The maximum Gasteiger partial charge on any atom is 0.341 e. The van der Waals surface area contributed by atoms with Crippen LogP contribution < -0.4 is 9.47 Å². The van der Waals surface area contributed by atoms with Crippen molar-refractivity contribution in [2.24, 2.45) is 0 Å². The molecule has 0 saturated carbocycles. The second-order valence-corrected chi connectivity index (χ2v) is 6.11. The van der Waals surface area contributed by atoms with Crippen LogP contribution in [0.2, 0.25) is 0 Å². The van der Waals surface area contributed by atoms with Crippen LogP contribution in [0, 0.1) is 6.92 Å². The number of amides is 1. The summed E-state index contributed by atoms with van der Waals surface area (Å²) in [5.41, 5.74) is 1.39. The van der Waals surface area contributed by atoms with E-state index >= 15 is 0 Å². The number of hydrogen-bond acceptors (Lipinski definition) is 6. The number of carbonyl (C=O) groups is 2. The van der Waals surface area contributed by atoms with Gasteiger partial charge in [-0.25, -0.2) is 4.79 Å². The number of fused-ring (bicyclic) bond motifs is 1. The maximum absolute atomic E-state index is 12.4. The van der Waals surface area contributed by atoms with E-state index in [9.17, 15) is 9.59 Å². The summed E-state index contributed by atoms with van der Waals surface area (Å²) in [7, 11) is 3.03. The van der Waals surface area contributed by atoms with E-state index in [-0.39, 0.29) is 19.2 Å². The van der Waals surface area contributed by atoms with Crippen molar-refractivity contribution in [2.45, 2.75) is 26.3 Å². The number of rotatable bonds is 6. The Morgan fingerprint density at radius 2 is 1.96 bits per heavy atom. The number of esters is 1. The summed E-state index contributed by atoms with van der Waals surface area (Å²) in [6, 6.07) is 7.29. The van der Waals surface area contributed by atoms with Gasteiger partial charge in [0, 0.05) is 13.5 Å². The molecule has 0 unspecified atom stereocenters. The number of methoxy groups -OCH3 is 1. The molecule has 0 radical (unpaired) electrons. The summed E-state index contributed by atoms with van der Waals surface area (Å²) in [4.78, 5) is 25.6. The topological polar surface area (TPSA) is 78.2 Å². The molecule has 1 aliphatic heterocycles. The van der Waals surface area contributed by atoms with E-state index < -0.39 is 5.97 Å². The number of aryl methyl sites for hydroxylation is 2. The minimum absolute atomic E-state index is 0.0173. The highest BCUT2D eigenvalue weighted by Gasteiger charge is 2.18. The van der Waals surface area contributed by atoms with E-state index in [0.717, 1.165) is 11.3 Å². The van der Waals surface area contributed by atoms with Crippen LogP contribution in [0.1, 0.15) is 33.9 Å². The lowest BCUT2D eigenvalue weighted by Gasteiger charge is -2.15. The van der Waals surface area contributed by atoms with Crippen LogP contribution in [-0.4, -0.2) is 37.7 Å². The zero-order valence-corrected chi connectivity index (χ0v) is 15.0. The molecule has 7 heteroatoms. The van der Waals surface area contributed by atoms with Gasteiger partial charge < -0.3 is 23.5 Å². The maximum atomic E-state index is 12.4. The molecule has 2 aromatic rings. The van der Waals surface area contributed by atoms with Crippen molar-refractivity contribution in [3.63, 3.8) is 0 Å². The molecule has 2 heterocycles. The summed E-state index contributed by atoms with van der Waals surface area (Å²) in [6.07, 6.45) is 0.962. The summed E-state index contributed by atoms with van der Waals surface area (Å²) in [5.74, 6) is 2.00. The number of carbonyl (C=O) groups excluding carboxylic acids is 2. The van der Waals surface area contributed by atoms with Crippen molar-refractivity contribution >= 4 is 11.9 Å². The van der Waals surface area contributed by atoms with Gasteiger partial charge in [-0.1, -0.05) is 6.07 Å². The van der Waals surface area contributed by atoms with Crippen LogP contribution >= 0.6 is 0 Å². The molecule has 7 nitrogen and oxygen atoms in total. The second-order valence-electron chi connectivity index (χ2n) is 6.11. The predicted molar refractivity (Wildman–Crippen MR) is 92.1 cm³/mol. The van der Waals surface area contributed by atoms with Crippen LogP contribution in [0.3, 0.4) is 0 Å². The lowest BCUT2D eigenvalue weighted by Crippen LogP contribution is -2.26. The molecule has 3 rings (SSSR count). The first kappa shape index (κ1) is 17.8. The SMILES string of the molecule is COC(=O)c1cc(CN(C)C(=O)CCc2ccc3c(c2)OCO3)oc1C. The van der Waals surface area contributed by atoms with Crippen molar-refractivity contribution in [3.8, 4) is 11.5 Å². The Balaban J connectivity index is 1.55. The van der Waals surface area contributed by atoms with Gasteiger partial charge in [-0.3, -0.25) is 4.79 Å². The minimum Gasteiger partial charge on any atom is -0.465 e. The molecule has 0 atom stereocenters. The molecular weight excluding hydrogens is 338 g/mol. The molecule has 0 saturated heterocycles. The van der Waals surface area contributed by atoms with E-state index in [0.29, 0.717) is 35.7 Å². The highest BCUT2D eigenvalue weighted by molar-refractivity contribution is 5.90. The van der Waals surface area contributed by atoms with Gasteiger partial charge in [-0.15, -0.1) is 0 Å². The third kappa shape index (κ3) is 3.82. The highest BCUT2D eigenvalue weighted by atomic mass is 16.7. The Morgan fingerprint density at radius 3 is 2.73 bits per heavy atom. The molecule has 0 N–H and O–H groups in total. The number of nitrogens with zero attached hydrogens (tertiary/aromatic N) is 1. The Morgan fingerprint density at radius 1 is 1.19 bits per heavy atom. The monoisotopic (exact) mass is 359 g/mol. The van der Waals surface area contributed by atoms with E-state index in [1.807, 2.05) is 18.2 Å². The molecule has 1 aromatic heterocycles. The van der Waals surface area contributed by atoms with Crippen LogP contribution in [0.15, 0.2) is 28.7 Å². The minimum atomic E-state index is -0.450. The molecule has 0 aliphatic carbocycles. The van der Waals surface area contributed by atoms with E-state index in [4.69, 9.17) is 18.6 Å². The van der Waals surface area contributed by atoms with Crippen molar-refractivity contribution in [3.05, 3.63) is 46.9 Å².